The summed E-state index contributed by atoms with van der Waals surface area (Å²) in [6.07, 6.45) is 8.68. The van der Waals surface area contributed by atoms with Gasteiger partial charge in [0.25, 0.3) is 0 Å². The van der Waals surface area contributed by atoms with E-state index in [1.165, 1.54) is 12.5 Å². The Morgan fingerprint density at radius 2 is 1.57 bits per heavy atom. The number of hydrogen-bond donors (Lipinski definition) is 1. The molecule has 0 atom stereocenters. The zero-order valence-electron chi connectivity index (χ0n) is 16.3. The van der Waals surface area contributed by atoms with Crippen molar-refractivity contribution in [1.82, 2.24) is 15.1 Å². The molecule has 6 heteroatoms. The van der Waals surface area contributed by atoms with Crippen molar-refractivity contribution >= 4 is 23.8 Å². The number of rotatable bonds is 5. The van der Waals surface area contributed by atoms with E-state index in [2.05, 4.69) is 5.32 Å². The number of carbonyl (C=O) groups excluding carboxylic acids is 3. The van der Waals surface area contributed by atoms with Crippen LogP contribution in [0, 0.1) is 5.92 Å². The van der Waals surface area contributed by atoms with Gasteiger partial charge in [-0.05, 0) is 24.5 Å². The maximum absolute atomic E-state index is 12.6. The molecular formula is C22H29N3O3. The fraction of sp³-hybridized carbons (Fsp3) is 0.500. The molecule has 1 aliphatic heterocycles. The van der Waals surface area contributed by atoms with Gasteiger partial charge in [0.05, 0.1) is 6.54 Å². The Kier molecular flexibility index (Phi) is 7.23. The van der Waals surface area contributed by atoms with Crippen LogP contribution >= 0.6 is 0 Å². The average Bonchev–Trinajstić information content (AvgIpc) is 2.77. The second kappa shape index (κ2) is 10.1. The summed E-state index contributed by atoms with van der Waals surface area (Å²) in [5, 5.41) is 2.64. The minimum Gasteiger partial charge on any atom is -0.343 e. The Labute approximate surface area is 166 Å². The Hall–Kier alpha value is -2.63. The third kappa shape index (κ3) is 5.68. The minimum absolute atomic E-state index is 0.0193. The molecule has 0 bridgehead atoms. The van der Waals surface area contributed by atoms with Gasteiger partial charge in [0.2, 0.25) is 17.7 Å². The van der Waals surface area contributed by atoms with E-state index in [0.29, 0.717) is 26.2 Å². The van der Waals surface area contributed by atoms with Crippen LogP contribution in [0.25, 0.3) is 6.08 Å². The van der Waals surface area contributed by atoms with Crippen LogP contribution in [-0.2, 0) is 14.4 Å². The first-order chi connectivity index (χ1) is 13.6. The van der Waals surface area contributed by atoms with E-state index >= 15 is 0 Å². The smallest absolute Gasteiger partial charge is 0.244 e. The maximum Gasteiger partial charge on any atom is 0.244 e. The van der Waals surface area contributed by atoms with Crippen molar-refractivity contribution in [3.05, 3.63) is 42.0 Å². The van der Waals surface area contributed by atoms with Crippen LogP contribution < -0.4 is 5.32 Å². The van der Waals surface area contributed by atoms with Gasteiger partial charge in [-0.15, -0.1) is 0 Å². The van der Waals surface area contributed by atoms with Gasteiger partial charge in [-0.3, -0.25) is 14.4 Å². The van der Waals surface area contributed by atoms with Crippen molar-refractivity contribution in [3.63, 3.8) is 0 Å². The minimum atomic E-state index is -0.289. The van der Waals surface area contributed by atoms with E-state index in [1.807, 2.05) is 35.2 Å². The van der Waals surface area contributed by atoms with Gasteiger partial charge in [-0.1, -0.05) is 49.6 Å². The normalized spacial score (nSPS) is 18.3. The summed E-state index contributed by atoms with van der Waals surface area (Å²) in [6, 6.07) is 9.53. The van der Waals surface area contributed by atoms with Gasteiger partial charge in [0.15, 0.2) is 0 Å². The van der Waals surface area contributed by atoms with Crippen molar-refractivity contribution in [2.45, 2.75) is 32.1 Å². The molecule has 1 saturated carbocycles. The van der Waals surface area contributed by atoms with Crippen molar-refractivity contribution in [2.75, 3.05) is 32.7 Å². The fourth-order valence-corrected chi connectivity index (χ4v) is 3.85. The molecule has 3 amide bonds. The molecule has 1 aromatic rings. The molecule has 28 heavy (non-hydrogen) atoms. The molecule has 1 saturated heterocycles. The second-order valence-electron chi connectivity index (χ2n) is 7.50. The van der Waals surface area contributed by atoms with E-state index in [9.17, 15) is 14.4 Å². The second-order valence-corrected chi connectivity index (χ2v) is 7.50. The van der Waals surface area contributed by atoms with Crippen LogP contribution in [0.2, 0.25) is 0 Å². The lowest BCUT2D eigenvalue weighted by atomic mass is 9.88. The lowest BCUT2D eigenvalue weighted by Gasteiger charge is -2.37. The zero-order valence-corrected chi connectivity index (χ0v) is 16.3. The summed E-state index contributed by atoms with van der Waals surface area (Å²) in [4.78, 5) is 40.5. The third-order valence-electron chi connectivity index (χ3n) is 5.54. The molecule has 0 radical (unpaired) electrons. The van der Waals surface area contributed by atoms with Crippen LogP contribution in [-0.4, -0.2) is 60.2 Å². The SMILES string of the molecule is O=C(/C=C/c1ccccc1)NCC(=O)N1CCN(C(=O)C2CCCCC2)CC1. The highest BCUT2D eigenvalue weighted by atomic mass is 16.2. The molecule has 1 aromatic carbocycles. The first-order valence-corrected chi connectivity index (χ1v) is 10.2. The number of nitrogens with one attached hydrogen (secondary N) is 1. The van der Waals surface area contributed by atoms with E-state index in [0.717, 1.165) is 31.2 Å². The molecule has 1 aliphatic carbocycles. The number of amides is 3. The fourth-order valence-electron chi connectivity index (χ4n) is 3.85. The van der Waals surface area contributed by atoms with Crippen LogP contribution in [0.5, 0.6) is 0 Å². The topological polar surface area (TPSA) is 69.7 Å². The quantitative estimate of drug-likeness (QED) is 0.792. The molecule has 0 aromatic heterocycles. The zero-order chi connectivity index (χ0) is 19.8. The van der Waals surface area contributed by atoms with E-state index in [-0.39, 0.29) is 30.2 Å². The Morgan fingerprint density at radius 1 is 0.929 bits per heavy atom. The molecular weight excluding hydrogens is 354 g/mol. The molecule has 0 unspecified atom stereocenters. The largest absolute Gasteiger partial charge is 0.343 e. The summed E-state index contributed by atoms with van der Waals surface area (Å²) in [7, 11) is 0. The van der Waals surface area contributed by atoms with Crippen molar-refractivity contribution in [2.24, 2.45) is 5.92 Å². The Bertz CT molecular complexity index is 703. The van der Waals surface area contributed by atoms with Gasteiger partial charge in [0, 0.05) is 38.2 Å². The van der Waals surface area contributed by atoms with Crippen LogP contribution in [0.15, 0.2) is 36.4 Å². The van der Waals surface area contributed by atoms with Gasteiger partial charge in [-0.2, -0.15) is 0 Å². The summed E-state index contributed by atoms with van der Waals surface area (Å²) in [5.41, 5.74) is 0.933. The highest BCUT2D eigenvalue weighted by Crippen LogP contribution is 2.25. The van der Waals surface area contributed by atoms with Crippen LogP contribution in [0.4, 0.5) is 0 Å². The standard InChI is InChI=1S/C22H29N3O3/c26-20(12-11-18-7-3-1-4-8-18)23-17-21(27)24-13-15-25(16-14-24)22(28)19-9-5-2-6-10-19/h1,3-4,7-8,11-12,19H,2,5-6,9-10,13-17H2,(H,23,26)/b12-11+. The third-order valence-corrected chi connectivity index (χ3v) is 5.54. The molecule has 2 fully saturated rings. The Balaban J connectivity index is 1.38. The van der Waals surface area contributed by atoms with E-state index in [1.54, 1.807) is 11.0 Å². The van der Waals surface area contributed by atoms with Gasteiger partial charge in [0.1, 0.15) is 0 Å². The number of benzene rings is 1. The molecule has 150 valence electrons. The van der Waals surface area contributed by atoms with E-state index < -0.39 is 0 Å². The van der Waals surface area contributed by atoms with Gasteiger partial charge >= 0.3 is 0 Å². The van der Waals surface area contributed by atoms with Crippen molar-refractivity contribution in [3.8, 4) is 0 Å². The average molecular weight is 383 g/mol. The lowest BCUT2D eigenvalue weighted by Crippen LogP contribution is -2.53. The number of carbonyl (C=O) groups is 3. The number of piperazine rings is 1. The summed E-state index contributed by atoms with van der Waals surface area (Å²) in [5.74, 6) is 0.0346. The first kappa shape index (κ1) is 20.1. The number of nitrogens with zero attached hydrogens (tertiary/aromatic N) is 2. The molecule has 3 rings (SSSR count). The molecule has 1 heterocycles. The first-order valence-electron chi connectivity index (χ1n) is 10.2. The molecule has 2 aliphatic rings. The highest BCUT2D eigenvalue weighted by molar-refractivity contribution is 5.94. The highest BCUT2D eigenvalue weighted by Gasteiger charge is 2.29. The number of hydrogen-bond acceptors (Lipinski definition) is 3. The maximum atomic E-state index is 12.6. The predicted molar refractivity (Wildman–Crippen MR) is 108 cm³/mol. The van der Waals surface area contributed by atoms with E-state index in [4.69, 9.17) is 0 Å². The van der Waals surface area contributed by atoms with Crippen LogP contribution in [0.3, 0.4) is 0 Å². The predicted octanol–water partition coefficient (Wildman–Crippen LogP) is 2.07. The molecule has 6 nitrogen and oxygen atoms in total. The van der Waals surface area contributed by atoms with Gasteiger partial charge < -0.3 is 15.1 Å². The monoisotopic (exact) mass is 383 g/mol. The Morgan fingerprint density at radius 3 is 2.25 bits per heavy atom. The molecule has 1 N–H and O–H groups in total. The van der Waals surface area contributed by atoms with Crippen LogP contribution in [0.1, 0.15) is 37.7 Å². The summed E-state index contributed by atoms with van der Waals surface area (Å²) < 4.78 is 0. The van der Waals surface area contributed by atoms with Gasteiger partial charge in [-0.25, -0.2) is 0 Å². The van der Waals surface area contributed by atoms with Crippen molar-refractivity contribution in [1.29, 1.82) is 0 Å². The molecule has 0 spiro atoms. The summed E-state index contributed by atoms with van der Waals surface area (Å²) >= 11 is 0. The lowest BCUT2D eigenvalue weighted by molar-refractivity contribution is -0.142. The van der Waals surface area contributed by atoms with Crippen molar-refractivity contribution < 1.29 is 14.4 Å². The summed E-state index contributed by atoms with van der Waals surface area (Å²) in [6.45, 7) is 2.22.